The molecule has 4 rings (SSSR count). The van der Waals surface area contributed by atoms with Crippen molar-refractivity contribution in [3.05, 3.63) is 78.4 Å². The van der Waals surface area contributed by atoms with Gasteiger partial charge in [0.2, 0.25) is 0 Å². The Morgan fingerprint density at radius 3 is 2.16 bits per heavy atom. The number of nitrogens with zero attached hydrogens (tertiary/aromatic N) is 1. The van der Waals surface area contributed by atoms with Crippen LogP contribution in [-0.4, -0.2) is 4.98 Å². The lowest BCUT2D eigenvalue weighted by Gasteiger charge is -2.09. The highest BCUT2D eigenvalue weighted by molar-refractivity contribution is 7.21. The van der Waals surface area contributed by atoms with E-state index in [2.05, 4.69) is 4.98 Å². The lowest BCUT2D eigenvalue weighted by Crippen LogP contribution is -2.04. The van der Waals surface area contributed by atoms with Gasteiger partial charge in [-0.2, -0.15) is 13.2 Å². The summed E-state index contributed by atoms with van der Waals surface area (Å²) in [5.74, 6) is 0. The Balaban J connectivity index is 1.68. The van der Waals surface area contributed by atoms with Crippen LogP contribution in [0.4, 0.5) is 13.2 Å². The largest absolute Gasteiger partial charge is 0.416 e. The van der Waals surface area contributed by atoms with E-state index in [9.17, 15) is 13.2 Å². The molecular formula is C20H12F3NS. The standard InChI is InChI=1S/C20H12F3NS/c21-20(22,23)16-5-3-4-15(12-16)13-8-10-14(11-9-13)19-24-17-6-1-2-7-18(17)25-19/h1-12H. The Morgan fingerprint density at radius 1 is 0.720 bits per heavy atom. The van der Waals surface area contributed by atoms with Gasteiger partial charge in [-0.3, -0.25) is 0 Å². The Kier molecular flexibility index (Phi) is 3.81. The fourth-order valence-corrected chi connectivity index (χ4v) is 3.65. The minimum atomic E-state index is -4.34. The average Bonchev–Trinajstić information content (AvgIpc) is 3.05. The van der Waals surface area contributed by atoms with Crippen molar-refractivity contribution in [3.8, 4) is 21.7 Å². The topological polar surface area (TPSA) is 12.9 Å². The highest BCUT2D eigenvalue weighted by Crippen LogP contribution is 2.34. The number of benzene rings is 3. The predicted octanol–water partition coefficient (Wildman–Crippen LogP) is 6.65. The highest BCUT2D eigenvalue weighted by atomic mass is 32.1. The molecule has 5 heteroatoms. The molecule has 0 atom stereocenters. The number of alkyl halides is 3. The lowest BCUT2D eigenvalue weighted by molar-refractivity contribution is -0.137. The average molecular weight is 355 g/mol. The van der Waals surface area contributed by atoms with Crippen molar-refractivity contribution < 1.29 is 13.2 Å². The first kappa shape index (κ1) is 15.8. The van der Waals surface area contributed by atoms with E-state index in [-0.39, 0.29) is 0 Å². The summed E-state index contributed by atoms with van der Waals surface area (Å²) in [7, 11) is 0. The van der Waals surface area contributed by atoms with Gasteiger partial charge in [-0.25, -0.2) is 4.98 Å². The first-order valence-electron chi connectivity index (χ1n) is 7.64. The molecule has 4 aromatic rings. The van der Waals surface area contributed by atoms with Crippen LogP contribution in [0.3, 0.4) is 0 Å². The summed E-state index contributed by atoms with van der Waals surface area (Å²) in [6.45, 7) is 0. The van der Waals surface area contributed by atoms with Crippen LogP contribution in [0.5, 0.6) is 0 Å². The summed E-state index contributed by atoms with van der Waals surface area (Å²) in [6.07, 6.45) is -4.34. The van der Waals surface area contributed by atoms with Crippen LogP contribution in [0.25, 0.3) is 31.9 Å². The number of hydrogen-bond donors (Lipinski definition) is 0. The smallest absolute Gasteiger partial charge is 0.236 e. The number of thiazole rings is 1. The van der Waals surface area contributed by atoms with Crippen LogP contribution in [0, 0.1) is 0 Å². The van der Waals surface area contributed by atoms with Crippen molar-refractivity contribution in [3.63, 3.8) is 0 Å². The van der Waals surface area contributed by atoms with Crippen molar-refractivity contribution in [2.75, 3.05) is 0 Å². The molecule has 0 spiro atoms. The fourth-order valence-electron chi connectivity index (χ4n) is 2.68. The van der Waals surface area contributed by atoms with Gasteiger partial charge >= 0.3 is 6.18 Å². The molecule has 0 aliphatic rings. The second-order valence-electron chi connectivity index (χ2n) is 5.64. The number of para-hydroxylation sites is 1. The summed E-state index contributed by atoms with van der Waals surface area (Å²) < 4.78 is 39.7. The molecule has 0 aliphatic heterocycles. The maximum atomic E-state index is 12.9. The number of fused-ring (bicyclic) bond motifs is 1. The molecule has 0 bridgehead atoms. The molecule has 1 aromatic heterocycles. The third-order valence-electron chi connectivity index (χ3n) is 3.95. The molecule has 0 fully saturated rings. The van der Waals surface area contributed by atoms with Crippen LogP contribution < -0.4 is 0 Å². The van der Waals surface area contributed by atoms with E-state index in [1.807, 2.05) is 48.5 Å². The Bertz CT molecular complexity index is 1000. The first-order valence-corrected chi connectivity index (χ1v) is 8.46. The predicted molar refractivity (Wildman–Crippen MR) is 95.5 cm³/mol. The number of halogens is 3. The van der Waals surface area contributed by atoms with E-state index in [0.717, 1.165) is 32.4 Å². The molecule has 124 valence electrons. The minimum absolute atomic E-state index is 0.547. The molecule has 25 heavy (non-hydrogen) atoms. The van der Waals surface area contributed by atoms with Crippen LogP contribution in [0.2, 0.25) is 0 Å². The molecule has 1 nitrogen and oxygen atoms in total. The third-order valence-corrected chi connectivity index (χ3v) is 5.03. The second-order valence-corrected chi connectivity index (χ2v) is 6.67. The van der Waals surface area contributed by atoms with Gasteiger partial charge in [-0.1, -0.05) is 48.5 Å². The van der Waals surface area contributed by atoms with E-state index in [0.29, 0.717) is 5.56 Å². The molecule has 0 unspecified atom stereocenters. The molecule has 3 aromatic carbocycles. The van der Waals surface area contributed by atoms with E-state index < -0.39 is 11.7 Å². The SMILES string of the molecule is FC(F)(F)c1cccc(-c2ccc(-c3nc4ccccc4s3)cc2)c1. The lowest BCUT2D eigenvalue weighted by atomic mass is 10.0. The Hall–Kier alpha value is -2.66. The van der Waals surface area contributed by atoms with Crippen LogP contribution >= 0.6 is 11.3 Å². The molecule has 0 N–H and O–H groups in total. The number of rotatable bonds is 2. The number of aromatic nitrogens is 1. The first-order chi connectivity index (χ1) is 12.0. The van der Waals surface area contributed by atoms with Gasteiger partial charge in [0, 0.05) is 5.56 Å². The van der Waals surface area contributed by atoms with Gasteiger partial charge in [0.05, 0.1) is 15.8 Å². The van der Waals surface area contributed by atoms with E-state index in [1.54, 1.807) is 17.4 Å². The van der Waals surface area contributed by atoms with Crippen molar-refractivity contribution >= 4 is 21.6 Å². The summed E-state index contributed by atoms with van der Waals surface area (Å²) >= 11 is 1.60. The maximum Gasteiger partial charge on any atom is 0.416 e. The minimum Gasteiger partial charge on any atom is -0.236 e. The second kappa shape index (κ2) is 6.01. The normalized spacial score (nSPS) is 11.8. The van der Waals surface area contributed by atoms with E-state index in [4.69, 9.17) is 0 Å². The maximum absolute atomic E-state index is 12.9. The van der Waals surface area contributed by atoms with Gasteiger partial charge in [-0.15, -0.1) is 11.3 Å². The van der Waals surface area contributed by atoms with Crippen molar-refractivity contribution in [2.45, 2.75) is 6.18 Å². The van der Waals surface area contributed by atoms with Crippen molar-refractivity contribution in [1.29, 1.82) is 0 Å². The van der Waals surface area contributed by atoms with E-state index in [1.165, 1.54) is 12.1 Å². The number of hydrogen-bond acceptors (Lipinski definition) is 2. The Labute approximate surface area is 146 Å². The highest BCUT2D eigenvalue weighted by Gasteiger charge is 2.30. The van der Waals surface area contributed by atoms with Gasteiger partial charge < -0.3 is 0 Å². The molecule has 0 aliphatic carbocycles. The third kappa shape index (κ3) is 3.15. The fraction of sp³-hybridized carbons (Fsp3) is 0.0500. The molecule has 0 radical (unpaired) electrons. The Morgan fingerprint density at radius 2 is 1.44 bits per heavy atom. The zero-order valence-corrected chi connectivity index (χ0v) is 13.7. The van der Waals surface area contributed by atoms with Gasteiger partial charge in [0.25, 0.3) is 0 Å². The zero-order chi connectivity index (χ0) is 17.4. The summed E-state index contributed by atoms with van der Waals surface area (Å²) in [5, 5.41) is 0.900. The van der Waals surface area contributed by atoms with Crippen LogP contribution in [0.1, 0.15) is 5.56 Å². The molecule has 1 heterocycles. The quantitative estimate of drug-likeness (QED) is 0.392. The molecule has 0 saturated heterocycles. The van der Waals surface area contributed by atoms with Crippen molar-refractivity contribution in [2.24, 2.45) is 0 Å². The van der Waals surface area contributed by atoms with Gasteiger partial charge in [-0.05, 0) is 35.4 Å². The summed E-state index contributed by atoms with van der Waals surface area (Å²) in [6, 6.07) is 20.7. The van der Waals surface area contributed by atoms with Crippen LogP contribution in [-0.2, 0) is 6.18 Å². The monoisotopic (exact) mass is 355 g/mol. The van der Waals surface area contributed by atoms with Gasteiger partial charge in [0.15, 0.2) is 0 Å². The van der Waals surface area contributed by atoms with Crippen molar-refractivity contribution in [1.82, 2.24) is 4.98 Å². The molecule has 0 saturated carbocycles. The van der Waals surface area contributed by atoms with E-state index >= 15 is 0 Å². The van der Waals surface area contributed by atoms with Crippen LogP contribution in [0.15, 0.2) is 72.8 Å². The summed E-state index contributed by atoms with van der Waals surface area (Å²) in [5.41, 5.74) is 2.56. The molecule has 0 amide bonds. The zero-order valence-electron chi connectivity index (χ0n) is 12.9. The van der Waals surface area contributed by atoms with Gasteiger partial charge in [0.1, 0.15) is 5.01 Å². The molecular weight excluding hydrogens is 343 g/mol. The summed E-state index contributed by atoms with van der Waals surface area (Å²) in [4.78, 5) is 4.60.